The number of hydrogen-bond acceptors (Lipinski definition) is 2. The number of carboxylic acid groups (broad SMARTS) is 1. The molecule has 4 nitrogen and oxygen atoms in total. The number of fused-ring (bicyclic) bond motifs is 1. The maximum atomic E-state index is 12.9. The lowest BCUT2D eigenvalue weighted by Gasteiger charge is -2.08. The Morgan fingerprint density at radius 1 is 1.04 bits per heavy atom. The number of aliphatic carboxylic acids is 1. The zero-order chi connectivity index (χ0) is 17.4. The third-order valence-corrected chi connectivity index (χ3v) is 4.41. The lowest BCUT2D eigenvalue weighted by atomic mass is 10.1. The normalized spacial score (nSPS) is 11.0. The summed E-state index contributed by atoms with van der Waals surface area (Å²) in [5.41, 5.74) is 2.25. The van der Waals surface area contributed by atoms with E-state index in [-0.39, 0.29) is 12.3 Å². The maximum absolute atomic E-state index is 12.9. The van der Waals surface area contributed by atoms with Crippen molar-refractivity contribution in [2.75, 3.05) is 0 Å². The molecule has 3 rings (SSSR count). The van der Waals surface area contributed by atoms with E-state index in [9.17, 15) is 9.59 Å². The van der Waals surface area contributed by atoms with Crippen LogP contribution in [0.1, 0.15) is 21.6 Å². The van der Waals surface area contributed by atoms with Gasteiger partial charge in [0.2, 0.25) is 0 Å². The molecule has 0 fully saturated rings. The molecule has 1 heterocycles. The van der Waals surface area contributed by atoms with Crippen molar-refractivity contribution in [3.05, 3.63) is 69.3 Å². The minimum Gasteiger partial charge on any atom is -0.481 e. The molecule has 0 radical (unpaired) electrons. The monoisotopic (exact) mass is 361 g/mol. The first kappa shape index (κ1) is 16.6. The van der Waals surface area contributed by atoms with E-state index in [1.54, 1.807) is 49.4 Å². The number of carbonyl (C=O) groups excluding carboxylic acids is 1. The lowest BCUT2D eigenvalue weighted by molar-refractivity contribution is -0.136. The SMILES string of the molecule is Cc1c(CC(=O)O)c2ccc(Cl)cc2n1C(=O)c1ccc(Cl)cc1. The van der Waals surface area contributed by atoms with Crippen molar-refractivity contribution in [1.82, 2.24) is 4.57 Å². The Bertz CT molecular complexity index is 959. The van der Waals surface area contributed by atoms with Gasteiger partial charge in [0.1, 0.15) is 0 Å². The standard InChI is InChI=1S/C18H13Cl2NO3/c1-10-15(9-17(22)23)14-7-6-13(20)8-16(14)21(10)18(24)11-2-4-12(19)5-3-11/h2-8H,9H2,1H3,(H,22,23). The molecule has 1 N–H and O–H groups in total. The van der Waals surface area contributed by atoms with Gasteiger partial charge in [0.05, 0.1) is 11.9 Å². The molecule has 0 amide bonds. The van der Waals surface area contributed by atoms with Crippen molar-refractivity contribution in [2.45, 2.75) is 13.3 Å². The van der Waals surface area contributed by atoms with Crippen molar-refractivity contribution >= 4 is 46.0 Å². The Kier molecular flexibility index (Phi) is 4.35. The number of aromatic nitrogens is 1. The predicted molar refractivity (Wildman–Crippen MR) is 94.2 cm³/mol. The third-order valence-electron chi connectivity index (χ3n) is 3.92. The summed E-state index contributed by atoms with van der Waals surface area (Å²) >= 11 is 11.9. The second kappa shape index (κ2) is 6.30. The van der Waals surface area contributed by atoms with Crippen LogP contribution in [0.5, 0.6) is 0 Å². The van der Waals surface area contributed by atoms with Crippen LogP contribution in [0.2, 0.25) is 10.0 Å². The Morgan fingerprint density at radius 2 is 1.67 bits per heavy atom. The molecule has 0 saturated carbocycles. The van der Waals surface area contributed by atoms with E-state index in [2.05, 4.69) is 0 Å². The van der Waals surface area contributed by atoms with Gasteiger partial charge in [0.25, 0.3) is 5.91 Å². The van der Waals surface area contributed by atoms with Crippen LogP contribution in [-0.2, 0) is 11.2 Å². The van der Waals surface area contributed by atoms with E-state index in [0.717, 1.165) is 0 Å². The van der Waals surface area contributed by atoms with Gasteiger partial charge in [0.15, 0.2) is 0 Å². The quantitative estimate of drug-likeness (QED) is 0.742. The number of halogens is 2. The highest BCUT2D eigenvalue weighted by atomic mass is 35.5. The summed E-state index contributed by atoms with van der Waals surface area (Å²) < 4.78 is 1.50. The van der Waals surface area contributed by atoms with Gasteiger partial charge in [-0.25, -0.2) is 0 Å². The molecular formula is C18H13Cl2NO3. The molecule has 0 aliphatic rings. The van der Waals surface area contributed by atoms with E-state index in [1.807, 2.05) is 0 Å². The topological polar surface area (TPSA) is 59.3 Å². The Labute approximate surface area is 148 Å². The highest BCUT2D eigenvalue weighted by molar-refractivity contribution is 6.31. The first-order valence-corrected chi connectivity index (χ1v) is 7.95. The minimum atomic E-state index is -0.953. The van der Waals surface area contributed by atoms with Gasteiger partial charge < -0.3 is 5.11 Å². The van der Waals surface area contributed by atoms with Crippen LogP contribution in [0.3, 0.4) is 0 Å². The first-order valence-electron chi connectivity index (χ1n) is 7.20. The molecule has 0 unspecified atom stereocenters. The number of hydrogen-bond donors (Lipinski definition) is 1. The lowest BCUT2D eigenvalue weighted by Crippen LogP contribution is -2.14. The average molecular weight is 362 g/mol. The minimum absolute atomic E-state index is 0.162. The number of carbonyl (C=O) groups is 2. The Morgan fingerprint density at radius 3 is 2.29 bits per heavy atom. The first-order chi connectivity index (χ1) is 11.4. The van der Waals surface area contributed by atoms with Crippen molar-refractivity contribution in [3.63, 3.8) is 0 Å². The molecule has 0 atom stereocenters. The summed E-state index contributed by atoms with van der Waals surface area (Å²) in [4.78, 5) is 24.1. The van der Waals surface area contributed by atoms with Gasteiger partial charge in [-0.2, -0.15) is 0 Å². The van der Waals surface area contributed by atoms with Crippen molar-refractivity contribution in [1.29, 1.82) is 0 Å². The van der Waals surface area contributed by atoms with Crippen LogP contribution in [0.4, 0.5) is 0 Å². The number of nitrogens with zero attached hydrogens (tertiary/aromatic N) is 1. The van der Waals surface area contributed by atoms with Crippen LogP contribution in [-0.4, -0.2) is 21.6 Å². The molecule has 0 saturated heterocycles. The average Bonchev–Trinajstić information content (AvgIpc) is 2.78. The molecule has 0 spiro atoms. The van der Waals surface area contributed by atoms with Gasteiger partial charge in [-0.05, 0) is 48.9 Å². The van der Waals surface area contributed by atoms with Crippen LogP contribution in [0.25, 0.3) is 10.9 Å². The van der Waals surface area contributed by atoms with Crippen molar-refractivity contribution < 1.29 is 14.7 Å². The highest BCUT2D eigenvalue weighted by Crippen LogP contribution is 2.30. The Balaban J connectivity index is 2.24. The number of benzene rings is 2. The molecule has 24 heavy (non-hydrogen) atoms. The van der Waals surface area contributed by atoms with Gasteiger partial charge in [0, 0.05) is 26.7 Å². The van der Waals surface area contributed by atoms with E-state index >= 15 is 0 Å². The molecule has 2 aromatic carbocycles. The van der Waals surface area contributed by atoms with Crippen LogP contribution in [0, 0.1) is 6.92 Å². The van der Waals surface area contributed by atoms with Crippen LogP contribution in [0.15, 0.2) is 42.5 Å². The summed E-state index contributed by atoms with van der Waals surface area (Å²) in [7, 11) is 0. The highest BCUT2D eigenvalue weighted by Gasteiger charge is 2.21. The van der Waals surface area contributed by atoms with Gasteiger partial charge in [-0.1, -0.05) is 29.3 Å². The largest absolute Gasteiger partial charge is 0.481 e. The molecule has 122 valence electrons. The van der Waals surface area contributed by atoms with E-state index in [1.165, 1.54) is 4.57 Å². The fraction of sp³-hybridized carbons (Fsp3) is 0.111. The molecule has 0 bridgehead atoms. The fourth-order valence-corrected chi connectivity index (χ4v) is 3.11. The summed E-state index contributed by atoms with van der Waals surface area (Å²) in [6, 6.07) is 11.7. The molecule has 6 heteroatoms. The van der Waals surface area contributed by atoms with Crippen LogP contribution >= 0.6 is 23.2 Å². The fourth-order valence-electron chi connectivity index (χ4n) is 2.81. The van der Waals surface area contributed by atoms with Gasteiger partial charge in [-0.15, -0.1) is 0 Å². The number of carboxylic acids is 1. The maximum Gasteiger partial charge on any atom is 0.307 e. The van der Waals surface area contributed by atoms with Crippen molar-refractivity contribution in [3.8, 4) is 0 Å². The zero-order valence-electron chi connectivity index (χ0n) is 12.7. The smallest absolute Gasteiger partial charge is 0.307 e. The molecule has 0 aliphatic carbocycles. The number of rotatable bonds is 3. The molecule has 1 aromatic heterocycles. The third kappa shape index (κ3) is 2.90. The summed E-state index contributed by atoms with van der Waals surface area (Å²) in [6.07, 6.45) is -0.162. The van der Waals surface area contributed by atoms with E-state index in [0.29, 0.717) is 37.8 Å². The predicted octanol–water partition coefficient (Wildman–Crippen LogP) is 4.57. The molecule has 3 aromatic rings. The second-order valence-corrected chi connectivity index (χ2v) is 6.32. The van der Waals surface area contributed by atoms with E-state index in [4.69, 9.17) is 28.3 Å². The van der Waals surface area contributed by atoms with Gasteiger partial charge >= 0.3 is 5.97 Å². The Hall–Kier alpha value is -2.30. The van der Waals surface area contributed by atoms with Crippen LogP contribution < -0.4 is 0 Å². The molecular weight excluding hydrogens is 349 g/mol. The summed E-state index contributed by atoms with van der Waals surface area (Å²) in [5.74, 6) is -1.21. The molecule has 0 aliphatic heterocycles. The second-order valence-electron chi connectivity index (χ2n) is 5.44. The van der Waals surface area contributed by atoms with Crippen molar-refractivity contribution in [2.24, 2.45) is 0 Å². The summed E-state index contributed by atoms with van der Waals surface area (Å²) in [5, 5.41) is 10.9. The van der Waals surface area contributed by atoms with E-state index < -0.39 is 5.97 Å². The van der Waals surface area contributed by atoms with Gasteiger partial charge in [-0.3, -0.25) is 14.2 Å². The summed E-state index contributed by atoms with van der Waals surface area (Å²) in [6.45, 7) is 1.74. The zero-order valence-corrected chi connectivity index (χ0v) is 14.2.